The van der Waals surface area contributed by atoms with Crippen molar-refractivity contribution in [3.05, 3.63) is 58.3 Å². The molecule has 0 bridgehead atoms. The van der Waals surface area contributed by atoms with E-state index in [0.29, 0.717) is 21.2 Å². The average molecular weight is 344 g/mol. The topological polar surface area (TPSA) is 62.7 Å². The SMILES string of the molecule is N#Cc1cccc(-c2nc(-c3cc(F)cc(Br)c3)no2)c1. The number of benzene rings is 2. The molecule has 0 aliphatic carbocycles. The summed E-state index contributed by atoms with van der Waals surface area (Å²) in [7, 11) is 0. The van der Waals surface area contributed by atoms with Crippen LogP contribution >= 0.6 is 15.9 Å². The van der Waals surface area contributed by atoms with Gasteiger partial charge in [-0.15, -0.1) is 0 Å². The smallest absolute Gasteiger partial charge is 0.258 e. The van der Waals surface area contributed by atoms with Crippen molar-refractivity contribution in [1.29, 1.82) is 5.26 Å². The third-order valence-electron chi connectivity index (χ3n) is 2.79. The maximum atomic E-state index is 13.4. The van der Waals surface area contributed by atoms with Crippen LogP contribution in [0.25, 0.3) is 22.8 Å². The molecule has 1 aromatic heterocycles. The highest BCUT2D eigenvalue weighted by atomic mass is 79.9. The van der Waals surface area contributed by atoms with Crippen LogP contribution in [-0.4, -0.2) is 10.1 Å². The standard InChI is InChI=1S/C15H7BrFN3O/c16-12-5-11(6-13(17)7-12)14-19-15(21-20-14)10-3-1-2-9(4-10)8-18/h1-7H. The number of aromatic nitrogens is 2. The first kappa shape index (κ1) is 13.5. The van der Waals surface area contributed by atoms with Gasteiger partial charge < -0.3 is 4.52 Å². The molecule has 102 valence electrons. The van der Waals surface area contributed by atoms with Crippen LogP contribution in [0.4, 0.5) is 4.39 Å². The summed E-state index contributed by atoms with van der Waals surface area (Å²) in [6, 6.07) is 13.2. The van der Waals surface area contributed by atoms with Crippen LogP contribution in [0.1, 0.15) is 5.56 Å². The molecule has 6 heteroatoms. The van der Waals surface area contributed by atoms with Gasteiger partial charge in [0.25, 0.3) is 5.89 Å². The second-order valence-corrected chi connectivity index (χ2v) is 5.19. The van der Waals surface area contributed by atoms with Crippen LogP contribution < -0.4 is 0 Å². The second kappa shape index (κ2) is 5.46. The molecule has 0 unspecified atom stereocenters. The summed E-state index contributed by atoms with van der Waals surface area (Å²) >= 11 is 3.22. The first-order valence-corrected chi connectivity index (χ1v) is 6.76. The molecule has 0 saturated heterocycles. The summed E-state index contributed by atoms with van der Waals surface area (Å²) in [6.45, 7) is 0. The zero-order valence-electron chi connectivity index (χ0n) is 10.5. The summed E-state index contributed by atoms with van der Waals surface area (Å²) in [5, 5.41) is 12.7. The molecule has 0 spiro atoms. The summed E-state index contributed by atoms with van der Waals surface area (Å²) in [5.74, 6) is 0.173. The third-order valence-corrected chi connectivity index (χ3v) is 3.24. The summed E-state index contributed by atoms with van der Waals surface area (Å²) in [6.07, 6.45) is 0. The van der Waals surface area contributed by atoms with Crippen LogP contribution in [0.15, 0.2) is 51.5 Å². The Morgan fingerprint density at radius 2 is 2.00 bits per heavy atom. The maximum Gasteiger partial charge on any atom is 0.258 e. The predicted octanol–water partition coefficient (Wildman–Crippen LogP) is 4.18. The summed E-state index contributed by atoms with van der Waals surface area (Å²) in [4.78, 5) is 4.23. The van der Waals surface area contributed by atoms with Crippen molar-refractivity contribution in [2.45, 2.75) is 0 Å². The molecular weight excluding hydrogens is 337 g/mol. The lowest BCUT2D eigenvalue weighted by Crippen LogP contribution is -1.84. The van der Waals surface area contributed by atoms with Crippen molar-refractivity contribution in [2.24, 2.45) is 0 Å². The number of nitrogens with zero attached hydrogens (tertiary/aromatic N) is 3. The van der Waals surface area contributed by atoms with Gasteiger partial charge in [0.1, 0.15) is 5.82 Å². The van der Waals surface area contributed by atoms with E-state index in [-0.39, 0.29) is 11.7 Å². The predicted molar refractivity (Wildman–Crippen MR) is 77.5 cm³/mol. The lowest BCUT2D eigenvalue weighted by atomic mass is 10.1. The minimum atomic E-state index is -0.391. The first-order valence-electron chi connectivity index (χ1n) is 5.96. The van der Waals surface area contributed by atoms with E-state index in [9.17, 15) is 4.39 Å². The molecule has 0 amide bonds. The Labute approximate surface area is 128 Å². The minimum Gasteiger partial charge on any atom is -0.334 e. The largest absolute Gasteiger partial charge is 0.334 e. The van der Waals surface area contributed by atoms with E-state index in [1.165, 1.54) is 12.1 Å². The number of nitriles is 1. The van der Waals surface area contributed by atoms with Gasteiger partial charge in [0, 0.05) is 15.6 Å². The molecule has 0 radical (unpaired) electrons. The molecule has 0 fully saturated rings. The van der Waals surface area contributed by atoms with Gasteiger partial charge in [0.2, 0.25) is 5.82 Å². The molecule has 0 aliphatic heterocycles. The molecule has 0 N–H and O–H groups in total. The van der Waals surface area contributed by atoms with E-state index in [4.69, 9.17) is 9.78 Å². The van der Waals surface area contributed by atoms with Crippen molar-refractivity contribution in [1.82, 2.24) is 10.1 Å². The Balaban J connectivity index is 2.01. The molecule has 0 aliphatic rings. The molecule has 2 aromatic carbocycles. The quantitative estimate of drug-likeness (QED) is 0.700. The molecule has 3 rings (SSSR count). The average Bonchev–Trinajstić information content (AvgIpc) is 2.96. The molecule has 0 saturated carbocycles. The van der Waals surface area contributed by atoms with E-state index < -0.39 is 5.82 Å². The van der Waals surface area contributed by atoms with Gasteiger partial charge in [0.15, 0.2) is 0 Å². The Morgan fingerprint density at radius 1 is 1.14 bits per heavy atom. The first-order chi connectivity index (χ1) is 10.2. The fourth-order valence-electron chi connectivity index (χ4n) is 1.86. The van der Waals surface area contributed by atoms with Crippen molar-refractivity contribution in [3.63, 3.8) is 0 Å². The van der Waals surface area contributed by atoms with Gasteiger partial charge in [-0.25, -0.2) is 4.39 Å². The molecular formula is C15H7BrFN3O. The Bertz CT molecular complexity index is 834. The van der Waals surface area contributed by atoms with Crippen LogP contribution in [-0.2, 0) is 0 Å². The highest BCUT2D eigenvalue weighted by Gasteiger charge is 2.12. The van der Waals surface area contributed by atoms with Crippen LogP contribution in [0, 0.1) is 17.1 Å². The van der Waals surface area contributed by atoms with Crippen LogP contribution in [0.3, 0.4) is 0 Å². The van der Waals surface area contributed by atoms with Gasteiger partial charge in [-0.1, -0.05) is 27.2 Å². The van der Waals surface area contributed by atoms with Gasteiger partial charge in [-0.2, -0.15) is 10.2 Å². The molecule has 3 aromatic rings. The van der Waals surface area contributed by atoms with E-state index in [2.05, 4.69) is 26.1 Å². The normalized spacial score (nSPS) is 10.3. The zero-order chi connectivity index (χ0) is 14.8. The fourth-order valence-corrected chi connectivity index (χ4v) is 2.33. The Hall–Kier alpha value is -2.52. The van der Waals surface area contributed by atoms with Gasteiger partial charge in [0.05, 0.1) is 11.6 Å². The minimum absolute atomic E-state index is 0.280. The van der Waals surface area contributed by atoms with Crippen LogP contribution in [0.5, 0.6) is 0 Å². The van der Waals surface area contributed by atoms with E-state index in [1.807, 2.05) is 6.07 Å². The van der Waals surface area contributed by atoms with E-state index in [1.54, 1.807) is 30.3 Å². The van der Waals surface area contributed by atoms with Crippen LogP contribution in [0.2, 0.25) is 0 Å². The number of hydrogen-bond donors (Lipinski definition) is 0. The fraction of sp³-hybridized carbons (Fsp3) is 0. The van der Waals surface area contributed by atoms with Gasteiger partial charge in [-0.05, 0) is 36.4 Å². The summed E-state index contributed by atoms with van der Waals surface area (Å²) < 4.78 is 19.2. The van der Waals surface area contributed by atoms with E-state index in [0.717, 1.165) is 0 Å². The second-order valence-electron chi connectivity index (χ2n) is 4.27. The Kier molecular flexibility index (Phi) is 3.50. The van der Waals surface area contributed by atoms with Crippen molar-refractivity contribution < 1.29 is 8.91 Å². The van der Waals surface area contributed by atoms with Crippen molar-refractivity contribution >= 4 is 15.9 Å². The monoisotopic (exact) mass is 343 g/mol. The lowest BCUT2D eigenvalue weighted by molar-refractivity contribution is 0.432. The van der Waals surface area contributed by atoms with Crippen molar-refractivity contribution in [3.8, 4) is 28.9 Å². The zero-order valence-corrected chi connectivity index (χ0v) is 12.1. The molecule has 21 heavy (non-hydrogen) atoms. The number of halogens is 2. The van der Waals surface area contributed by atoms with E-state index >= 15 is 0 Å². The molecule has 1 heterocycles. The van der Waals surface area contributed by atoms with Crippen molar-refractivity contribution in [2.75, 3.05) is 0 Å². The summed E-state index contributed by atoms with van der Waals surface area (Å²) in [5.41, 5.74) is 1.65. The lowest BCUT2D eigenvalue weighted by Gasteiger charge is -1.96. The van der Waals surface area contributed by atoms with Gasteiger partial charge >= 0.3 is 0 Å². The molecule has 4 nitrogen and oxygen atoms in total. The highest BCUT2D eigenvalue weighted by molar-refractivity contribution is 9.10. The van der Waals surface area contributed by atoms with Gasteiger partial charge in [-0.3, -0.25) is 0 Å². The number of rotatable bonds is 2. The third kappa shape index (κ3) is 2.83. The Morgan fingerprint density at radius 3 is 2.76 bits per heavy atom. The highest BCUT2D eigenvalue weighted by Crippen LogP contribution is 2.25. The maximum absolute atomic E-state index is 13.4. The number of hydrogen-bond acceptors (Lipinski definition) is 4. The molecule has 0 atom stereocenters.